The number of hydrogen-bond donors (Lipinski definition) is 1. The van der Waals surface area contributed by atoms with Gasteiger partial charge in [-0.1, -0.05) is 26.7 Å². The van der Waals surface area contributed by atoms with Crippen LogP contribution in [0.5, 0.6) is 0 Å². The summed E-state index contributed by atoms with van der Waals surface area (Å²) < 4.78 is 0. The van der Waals surface area contributed by atoms with Crippen LogP contribution in [0, 0.1) is 0 Å². The zero-order chi connectivity index (χ0) is 6.41. The number of rotatable bonds is 4. The Kier molecular flexibility index (Phi) is 20.6. The van der Waals surface area contributed by atoms with E-state index in [1.54, 1.807) is 0 Å². The molecule has 0 fully saturated rings. The summed E-state index contributed by atoms with van der Waals surface area (Å²) in [6.07, 6.45) is 4.19. The Balaban J connectivity index is -0.000000245. The van der Waals surface area contributed by atoms with Crippen molar-refractivity contribution in [1.29, 1.82) is 0 Å². The van der Waals surface area contributed by atoms with E-state index in [-0.39, 0.29) is 30.9 Å². The molecule has 0 aromatic rings. The van der Waals surface area contributed by atoms with Gasteiger partial charge in [-0.2, -0.15) is 0 Å². The predicted molar refractivity (Wildman–Crippen MR) is 50.3 cm³/mol. The van der Waals surface area contributed by atoms with E-state index in [9.17, 15) is 0 Å². The largest absolute Gasteiger partial charge is 0.393 e. The molecule has 0 aromatic carbocycles. The Morgan fingerprint density at radius 1 is 1.20 bits per heavy atom. The van der Waals surface area contributed by atoms with Gasteiger partial charge in [-0.25, -0.2) is 0 Å². The van der Waals surface area contributed by atoms with Crippen LogP contribution < -0.4 is 0 Å². The van der Waals surface area contributed by atoms with Crippen molar-refractivity contribution in [2.75, 3.05) is 0 Å². The third-order valence-electron chi connectivity index (χ3n) is 1.36. The fraction of sp³-hybridized carbons (Fsp3) is 1.00. The van der Waals surface area contributed by atoms with Crippen LogP contribution >= 0.6 is 24.8 Å². The topological polar surface area (TPSA) is 20.2 Å². The van der Waals surface area contributed by atoms with Gasteiger partial charge in [0.2, 0.25) is 0 Å². The molecular formula is C7H18Cl2O. The number of aliphatic hydroxyl groups is 1. The Morgan fingerprint density at radius 3 is 2.00 bits per heavy atom. The summed E-state index contributed by atoms with van der Waals surface area (Å²) in [6, 6.07) is 0. The normalized spacial score (nSPS) is 11.1. The molecule has 1 atom stereocenters. The lowest BCUT2D eigenvalue weighted by Crippen LogP contribution is -2.02. The van der Waals surface area contributed by atoms with Crippen LogP contribution in [-0.4, -0.2) is 11.2 Å². The van der Waals surface area contributed by atoms with Crippen LogP contribution in [0.2, 0.25) is 0 Å². The number of unbranched alkanes of at least 4 members (excludes halogenated alkanes) is 1. The second kappa shape index (κ2) is 12.2. The predicted octanol–water partition coefficient (Wildman–Crippen LogP) is 2.79. The van der Waals surface area contributed by atoms with E-state index in [0.29, 0.717) is 0 Å². The summed E-state index contributed by atoms with van der Waals surface area (Å²) in [5.74, 6) is 0. The summed E-state index contributed by atoms with van der Waals surface area (Å²) in [7, 11) is 0. The molecule has 0 aliphatic rings. The van der Waals surface area contributed by atoms with Crippen molar-refractivity contribution in [3.05, 3.63) is 0 Å². The van der Waals surface area contributed by atoms with Crippen LogP contribution in [0.15, 0.2) is 0 Å². The van der Waals surface area contributed by atoms with Gasteiger partial charge in [-0.05, 0) is 12.8 Å². The average molecular weight is 189 g/mol. The van der Waals surface area contributed by atoms with Gasteiger partial charge >= 0.3 is 0 Å². The third kappa shape index (κ3) is 11.4. The molecule has 0 aliphatic carbocycles. The number of hydrogen-bond acceptors (Lipinski definition) is 1. The molecule has 0 spiro atoms. The highest BCUT2D eigenvalue weighted by molar-refractivity contribution is 5.85. The van der Waals surface area contributed by atoms with Gasteiger partial charge in [0.15, 0.2) is 0 Å². The van der Waals surface area contributed by atoms with E-state index < -0.39 is 0 Å². The smallest absolute Gasteiger partial charge is 0.0537 e. The Bertz CT molecular complexity index is 50.9. The van der Waals surface area contributed by atoms with Crippen molar-refractivity contribution in [2.24, 2.45) is 0 Å². The molecule has 0 bridgehead atoms. The first-order chi connectivity index (χ1) is 3.81. The molecule has 0 heterocycles. The first kappa shape index (κ1) is 16.9. The summed E-state index contributed by atoms with van der Waals surface area (Å²) >= 11 is 0. The second-order valence-corrected chi connectivity index (χ2v) is 2.20. The van der Waals surface area contributed by atoms with Crippen molar-refractivity contribution < 1.29 is 5.11 Å². The van der Waals surface area contributed by atoms with Gasteiger partial charge in [0.25, 0.3) is 0 Å². The monoisotopic (exact) mass is 188 g/mol. The minimum atomic E-state index is -0.0463. The summed E-state index contributed by atoms with van der Waals surface area (Å²) in [4.78, 5) is 0. The lowest BCUT2D eigenvalue weighted by Gasteiger charge is -2.03. The highest BCUT2D eigenvalue weighted by Gasteiger charge is 1.96. The molecule has 0 amide bonds. The highest BCUT2D eigenvalue weighted by atomic mass is 35.5. The molecular weight excluding hydrogens is 171 g/mol. The average Bonchev–Trinajstić information content (AvgIpc) is 1.83. The lowest BCUT2D eigenvalue weighted by atomic mass is 10.1. The number of aliphatic hydroxyl groups excluding tert-OH is 1. The molecule has 0 radical (unpaired) electrons. The Morgan fingerprint density at radius 2 is 1.70 bits per heavy atom. The fourth-order valence-electron chi connectivity index (χ4n) is 0.644. The standard InChI is InChI=1S/C7H16O.2ClH/c1-3-5-6-7(8)4-2;;/h7-8H,3-6H2,1-2H3;2*1H. The maximum atomic E-state index is 8.99. The maximum Gasteiger partial charge on any atom is 0.0537 e. The molecule has 1 N–H and O–H groups in total. The lowest BCUT2D eigenvalue weighted by molar-refractivity contribution is 0.157. The van der Waals surface area contributed by atoms with E-state index >= 15 is 0 Å². The summed E-state index contributed by atoms with van der Waals surface area (Å²) in [6.45, 7) is 4.16. The van der Waals surface area contributed by atoms with Gasteiger partial charge in [0.05, 0.1) is 6.10 Å². The first-order valence-electron chi connectivity index (χ1n) is 3.49. The molecule has 1 unspecified atom stereocenters. The summed E-state index contributed by atoms with van der Waals surface area (Å²) in [5, 5.41) is 8.99. The molecule has 1 nitrogen and oxygen atoms in total. The quantitative estimate of drug-likeness (QED) is 0.720. The zero-order valence-electron chi connectivity index (χ0n) is 6.67. The van der Waals surface area contributed by atoms with Crippen LogP contribution in [0.4, 0.5) is 0 Å². The van der Waals surface area contributed by atoms with Crippen LogP contribution in [0.3, 0.4) is 0 Å². The Labute approximate surface area is 76.0 Å². The molecule has 0 saturated heterocycles. The zero-order valence-corrected chi connectivity index (χ0v) is 8.30. The fourth-order valence-corrected chi connectivity index (χ4v) is 0.644. The van der Waals surface area contributed by atoms with Crippen molar-refractivity contribution in [3.63, 3.8) is 0 Å². The first-order valence-corrected chi connectivity index (χ1v) is 3.49. The minimum Gasteiger partial charge on any atom is -0.393 e. The number of halogens is 2. The molecule has 66 valence electrons. The maximum absolute atomic E-state index is 8.99. The van der Waals surface area contributed by atoms with Crippen molar-refractivity contribution in [3.8, 4) is 0 Å². The van der Waals surface area contributed by atoms with Gasteiger partial charge in [-0.3, -0.25) is 0 Å². The van der Waals surface area contributed by atoms with E-state index in [1.807, 2.05) is 6.92 Å². The van der Waals surface area contributed by atoms with E-state index in [0.717, 1.165) is 19.3 Å². The molecule has 3 heteroatoms. The van der Waals surface area contributed by atoms with Gasteiger partial charge in [0, 0.05) is 0 Å². The SMILES string of the molecule is CCCCC(O)CC.Cl.Cl. The van der Waals surface area contributed by atoms with Gasteiger partial charge < -0.3 is 5.11 Å². The van der Waals surface area contributed by atoms with Crippen molar-refractivity contribution in [2.45, 2.75) is 45.6 Å². The molecule has 0 aromatic heterocycles. The van der Waals surface area contributed by atoms with Gasteiger partial charge in [-0.15, -0.1) is 24.8 Å². The highest BCUT2D eigenvalue weighted by Crippen LogP contribution is 2.02. The van der Waals surface area contributed by atoms with Crippen molar-refractivity contribution >= 4 is 24.8 Å². The van der Waals surface area contributed by atoms with Crippen molar-refractivity contribution in [1.82, 2.24) is 0 Å². The van der Waals surface area contributed by atoms with E-state index in [1.165, 1.54) is 6.42 Å². The molecule has 0 rings (SSSR count). The third-order valence-corrected chi connectivity index (χ3v) is 1.36. The second-order valence-electron chi connectivity index (χ2n) is 2.20. The van der Waals surface area contributed by atoms with Crippen LogP contribution in [0.1, 0.15) is 39.5 Å². The Hall–Kier alpha value is 0.540. The van der Waals surface area contributed by atoms with Crippen LogP contribution in [0.25, 0.3) is 0 Å². The van der Waals surface area contributed by atoms with E-state index in [4.69, 9.17) is 5.11 Å². The molecule has 0 saturated carbocycles. The molecule has 0 aliphatic heterocycles. The summed E-state index contributed by atoms with van der Waals surface area (Å²) in [5.41, 5.74) is 0. The van der Waals surface area contributed by atoms with Gasteiger partial charge in [0.1, 0.15) is 0 Å². The van der Waals surface area contributed by atoms with Crippen LogP contribution in [-0.2, 0) is 0 Å². The molecule has 10 heavy (non-hydrogen) atoms. The van der Waals surface area contributed by atoms with E-state index in [2.05, 4.69) is 6.92 Å². The minimum absolute atomic E-state index is 0.